The second kappa shape index (κ2) is 7.87. The van der Waals surface area contributed by atoms with Gasteiger partial charge in [-0.15, -0.1) is 0 Å². The van der Waals surface area contributed by atoms with E-state index in [1.54, 1.807) is 0 Å². The minimum atomic E-state index is -0.461. The molecule has 1 aromatic carbocycles. The Hall–Kier alpha value is -1.07. The van der Waals surface area contributed by atoms with Crippen molar-refractivity contribution >= 4 is 22.0 Å². The van der Waals surface area contributed by atoms with Crippen LogP contribution in [0.15, 0.2) is 28.7 Å². The summed E-state index contributed by atoms with van der Waals surface area (Å²) in [5, 5.41) is 6.66. The average molecular weight is 397 g/mol. The highest BCUT2D eigenvalue weighted by Crippen LogP contribution is 2.31. The Labute approximate surface area is 153 Å². The van der Waals surface area contributed by atoms with Crippen LogP contribution in [0, 0.1) is 0 Å². The Kier molecular flexibility index (Phi) is 6.32. The molecule has 4 nitrogen and oxygen atoms in total. The number of hydrogen-bond acceptors (Lipinski definition) is 3. The third kappa shape index (κ3) is 6.10. The predicted molar refractivity (Wildman–Crippen MR) is 101 cm³/mol. The standard InChI is InChI=1S/C19H29BrN2O2/c1-14(12-15-6-8-16(20)9-7-15)21-13-19(10-5-11-19)22-17(23)24-18(2,3)4/h6-9,14,21H,5,10-13H2,1-4H3,(H,22,23). The Morgan fingerprint density at radius 3 is 2.42 bits per heavy atom. The van der Waals surface area contributed by atoms with Gasteiger partial charge in [-0.1, -0.05) is 28.1 Å². The van der Waals surface area contributed by atoms with Gasteiger partial charge in [-0.3, -0.25) is 0 Å². The minimum absolute atomic E-state index is 0.156. The molecule has 2 rings (SSSR count). The van der Waals surface area contributed by atoms with Crippen molar-refractivity contribution in [2.45, 2.75) is 70.6 Å². The third-order valence-electron chi connectivity index (χ3n) is 4.32. The fourth-order valence-corrected chi connectivity index (χ4v) is 3.15. The zero-order chi connectivity index (χ0) is 17.8. The van der Waals surface area contributed by atoms with Gasteiger partial charge in [-0.05, 0) is 71.1 Å². The molecule has 1 aliphatic rings. The van der Waals surface area contributed by atoms with Crippen LogP contribution >= 0.6 is 15.9 Å². The van der Waals surface area contributed by atoms with Gasteiger partial charge in [0.05, 0.1) is 5.54 Å². The van der Waals surface area contributed by atoms with Crippen LogP contribution in [-0.2, 0) is 11.2 Å². The van der Waals surface area contributed by atoms with E-state index < -0.39 is 5.60 Å². The lowest BCUT2D eigenvalue weighted by Gasteiger charge is -2.43. The van der Waals surface area contributed by atoms with Gasteiger partial charge in [0.2, 0.25) is 0 Å². The van der Waals surface area contributed by atoms with Gasteiger partial charge >= 0.3 is 6.09 Å². The molecule has 1 atom stereocenters. The SMILES string of the molecule is CC(Cc1ccc(Br)cc1)NCC1(NC(=O)OC(C)(C)C)CCC1. The predicted octanol–water partition coefficient (Wildman–Crippen LogP) is 4.42. The molecule has 1 aromatic rings. The highest BCUT2D eigenvalue weighted by Gasteiger charge is 2.39. The molecule has 0 spiro atoms. The number of halogens is 1. The van der Waals surface area contributed by atoms with E-state index in [0.717, 1.165) is 36.7 Å². The van der Waals surface area contributed by atoms with Crippen molar-refractivity contribution in [3.63, 3.8) is 0 Å². The van der Waals surface area contributed by atoms with Gasteiger partial charge in [-0.2, -0.15) is 0 Å². The number of amides is 1. The van der Waals surface area contributed by atoms with Crippen LogP contribution in [-0.4, -0.2) is 29.8 Å². The molecule has 2 N–H and O–H groups in total. The van der Waals surface area contributed by atoms with Crippen molar-refractivity contribution in [1.29, 1.82) is 0 Å². The van der Waals surface area contributed by atoms with Crippen LogP contribution in [0.3, 0.4) is 0 Å². The smallest absolute Gasteiger partial charge is 0.408 e. The summed E-state index contributed by atoms with van der Waals surface area (Å²) in [6.45, 7) is 8.63. The molecule has 0 radical (unpaired) electrons. The summed E-state index contributed by atoms with van der Waals surface area (Å²) in [4.78, 5) is 12.1. The van der Waals surface area contributed by atoms with E-state index in [1.165, 1.54) is 5.56 Å². The van der Waals surface area contributed by atoms with E-state index in [9.17, 15) is 4.79 Å². The van der Waals surface area contributed by atoms with Crippen molar-refractivity contribution in [2.24, 2.45) is 0 Å². The molecular weight excluding hydrogens is 368 g/mol. The maximum Gasteiger partial charge on any atom is 0.408 e. The molecule has 134 valence electrons. The number of hydrogen-bond donors (Lipinski definition) is 2. The molecule has 0 bridgehead atoms. The highest BCUT2D eigenvalue weighted by atomic mass is 79.9. The molecule has 0 heterocycles. The van der Waals surface area contributed by atoms with E-state index in [0.29, 0.717) is 6.04 Å². The maximum absolute atomic E-state index is 12.1. The molecule has 1 fully saturated rings. The van der Waals surface area contributed by atoms with E-state index in [2.05, 4.69) is 57.8 Å². The van der Waals surface area contributed by atoms with Crippen molar-refractivity contribution in [3.05, 3.63) is 34.3 Å². The first-order valence-corrected chi connectivity index (χ1v) is 9.46. The zero-order valence-corrected chi connectivity index (χ0v) is 16.7. The second-order valence-electron chi connectivity index (χ2n) is 7.87. The van der Waals surface area contributed by atoms with Crippen molar-refractivity contribution in [2.75, 3.05) is 6.54 Å². The zero-order valence-electron chi connectivity index (χ0n) is 15.1. The van der Waals surface area contributed by atoms with Crippen molar-refractivity contribution in [3.8, 4) is 0 Å². The molecule has 1 aliphatic carbocycles. The van der Waals surface area contributed by atoms with Gasteiger partial charge in [0.1, 0.15) is 5.60 Å². The molecule has 1 saturated carbocycles. The molecule has 0 saturated heterocycles. The van der Waals surface area contributed by atoms with Crippen LogP contribution in [0.4, 0.5) is 4.79 Å². The highest BCUT2D eigenvalue weighted by molar-refractivity contribution is 9.10. The van der Waals surface area contributed by atoms with Crippen LogP contribution in [0.1, 0.15) is 52.5 Å². The topological polar surface area (TPSA) is 50.4 Å². The molecule has 1 unspecified atom stereocenters. The molecule has 1 amide bonds. The maximum atomic E-state index is 12.1. The Balaban J connectivity index is 1.81. The van der Waals surface area contributed by atoms with Crippen LogP contribution in [0.5, 0.6) is 0 Å². The number of alkyl carbamates (subject to hydrolysis) is 1. The third-order valence-corrected chi connectivity index (χ3v) is 4.85. The van der Waals surface area contributed by atoms with E-state index in [4.69, 9.17) is 4.74 Å². The lowest BCUT2D eigenvalue weighted by Crippen LogP contribution is -2.60. The minimum Gasteiger partial charge on any atom is -0.444 e. The normalized spacial score (nSPS) is 17.7. The van der Waals surface area contributed by atoms with Gasteiger partial charge in [0.15, 0.2) is 0 Å². The van der Waals surface area contributed by atoms with Crippen LogP contribution in [0.25, 0.3) is 0 Å². The first kappa shape index (κ1) is 19.3. The number of nitrogens with one attached hydrogen (secondary N) is 2. The largest absolute Gasteiger partial charge is 0.444 e. The average Bonchev–Trinajstić information content (AvgIpc) is 2.42. The Morgan fingerprint density at radius 1 is 1.29 bits per heavy atom. The van der Waals surface area contributed by atoms with Crippen LogP contribution in [0.2, 0.25) is 0 Å². The van der Waals surface area contributed by atoms with Crippen molar-refractivity contribution < 1.29 is 9.53 Å². The molecule has 0 aliphatic heterocycles. The summed E-state index contributed by atoms with van der Waals surface area (Å²) in [5.74, 6) is 0. The lowest BCUT2D eigenvalue weighted by atomic mass is 9.76. The van der Waals surface area contributed by atoms with Gasteiger partial charge in [-0.25, -0.2) is 4.79 Å². The van der Waals surface area contributed by atoms with E-state index in [1.807, 2.05) is 20.8 Å². The summed E-state index contributed by atoms with van der Waals surface area (Å²) >= 11 is 3.46. The fourth-order valence-electron chi connectivity index (χ4n) is 2.89. The summed E-state index contributed by atoms with van der Waals surface area (Å²) in [7, 11) is 0. The second-order valence-corrected chi connectivity index (χ2v) is 8.79. The molecule has 0 aromatic heterocycles. The summed E-state index contributed by atoms with van der Waals surface area (Å²) in [6.07, 6.45) is 3.81. The first-order valence-electron chi connectivity index (χ1n) is 8.66. The Morgan fingerprint density at radius 2 is 1.92 bits per heavy atom. The number of benzene rings is 1. The number of carbonyl (C=O) groups is 1. The summed E-state index contributed by atoms with van der Waals surface area (Å²) in [5.41, 5.74) is 0.689. The first-order chi connectivity index (χ1) is 11.2. The van der Waals surface area contributed by atoms with E-state index in [-0.39, 0.29) is 11.6 Å². The fraction of sp³-hybridized carbons (Fsp3) is 0.632. The van der Waals surface area contributed by atoms with Crippen LogP contribution < -0.4 is 10.6 Å². The Bertz CT molecular complexity index is 547. The lowest BCUT2D eigenvalue weighted by molar-refractivity contribution is 0.0379. The van der Waals surface area contributed by atoms with Gasteiger partial charge in [0.25, 0.3) is 0 Å². The quantitative estimate of drug-likeness (QED) is 0.747. The van der Waals surface area contributed by atoms with Gasteiger partial charge in [0, 0.05) is 17.1 Å². The van der Waals surface area contributed by atoms with Crippen molar-refractivity contribution in [1.82, 2.24) is 10.6 Å². The van der Waals surface area contributed by atoms with E-state index >= 15 is 0 Å². The number of rotatable bonds is 6. The molecule has 5 heteroatoms. The number of ether oxygens (including phenoxy) is 1. The summed E-state index contributed by atoms with van der Waals surface area (Å²) in [6, 6.07) is 8.77. The number of carbonyl (C=O) groups excluding carboxylic acids is 1. The van der Waals surface area contributed by atoms with Gasteiger partial charge < -0.3 is 15.4 Å². The molecular formula is C19H29BrN2O2. The summed E-state index contributed by atoms with van der Waals surface area (Å²) < 4.78 is 6.50. The monoisotopic (exact) mass is 396 g/mol. The molecule has 24 heavy (non-hydrogen) atoms.